The lowest BCUT2D eigenvalue weighted by atomic mass is 9.83. The molecule has 0 heterocycles. The fourth-order valence-electron chi connectivity index (χ4n) is 2.56. The van der Waals surface area contributed by atoms with Crippen LogP contribution >= 0.6 is 0 Å². The molecule has 5 nitrogen and oxygen atoms in total. The summed E-state index contributed by atoms with van der Waals surface area (Å²) in [6.45, 7) is -1.29. The van der Waals surface area contributed by atoms with Crippen molar-refractivity contribution in [1.29, 1.82) is 0 Å². The van der Waals surface area contributed by atoms with Gasteiger partial charge in [-0.15, -0.1) is 0 Å². The zero-order valence-electron chi connectivity index (χ0n) is 14.1. The highest BCUT2D eigenvalue weighted by molar-refractivity contribution is 5.82. The van der Waals surface area contributed by atoms with Crippen molar-refractivity contribution in [2.75, 3.05) is 6.54 Å². The summed E-state index contributed by atoms with van der Waals surface area (Å²) in [5, 5.41) is 10.2. The van der Waals surface area contributed by atoms with Gasteiger partial charge in [-0.2, -0.15) is 0 Å². The standard InChI is InChI=1S/C19H22F2N2O3/c20-19(21,13-22)16(24)18(23,11-14-7-3-1-4-8-14)17(25)26-12-15-9-5-2-6-10-15/h1-10,16,24H,11-13,22-23H2. The van der Waals surface area contributed by atoms with E-state index in [2.05, 4.69) is 0 Å². The first-order chi connectivity index (χ1) is 12.3. The summed E-state index contributed by atoms with van der Waals surface area (Å²) in [5.74, 6) is -4.86. The van der Waals surface area contributed by atoms with Crippen LogP contribution in [0.15, 0.2) is 60.7 Å². The molecule has 0 aliphatic heterocycles. The van der Waals surface area contributed by atoms with Gasteiger partial charge in [0.15, 0.2) is 5.54 Å². The third-order valence-corrected chi connectivity index (χ3v) is 4.09. The highest BCUT2D eigenvalue weighted by Gasteiger charge is 2.54. The average Bonchev–Trinajstić information content (AvgIpc) is 2.66. The highest BCUT2D eigenvalue weighted by atomic mass is 19.3. The maximum atomic E-state index is 14.0. The average molecular weight is 364 g/mol. The van der Waals surface area contributed by atoms with Crippen molar-refractivity contribution < 1.29 is 23.4 Å². The first-order valence-electron chi connectivity index (χ1n) is 8.09. The second-order valence-electron chi connectivity index (χ2n) is 6.13. The third kappa shape index (κ3) is 4.63. The van der Waals surface area contributed by atoms with Crippen molar-refractivity contribution in [3.8, 4) is 0 Å². The molecular weight excluding hydrogens is 342 g/mol. The number of esters is 1. The van der Waals surface area contributed by atoms with Crippen molar-refractivity contribution in [1.82, 2.24) is 0 Å². The zero-order chi connectivity index (χ0) is 19.2. The Morgan fingerprint density at radius 1 is 1.04 bits per heavy atom. The highest BCUT2D eigenvalue weighted by Crippen LogP contribution is 2.29. The minimum absolute atomic E-state index is 0.145. The van der Waals surface area contributed by atoms with Gasteiger partial charge in [-0.1, -0.05) is 60.7 Å². The minimum Gasteiger partial charge on any atom is -0.459 e. The Morgan fingerprint density at radius 3 is 2.04 bits per heavy atom. The van der Waals surface area contributed by atoms with Crippen LogP contribution in [0.4, 0.5) is 8.78 Å². The minimum atomic E-state index is -3.74. The number of carbonyl (C=O) groups is 1. The molecule has 0 bridgehead atoms. The molecule has 0 spiro atoms. The number of carbonyl (C=O) groups excluding carboxylic acids is 1. The van der Waals surface area contributed by atoms with E-state index in [9.17, 15) is 18.7 Å². The van der Waals surface area contributed by atoms with Gasteiger partial charge in [0, 0.05) is 6.42 Å². The van der Waals surface area contributed by atoms with Gasteiger partial charge in [0.25, 0.3) is 5.92 Å². The maximum absolute atomic E-state index is 14.0. The number of rotatable bonds is 8. The predicted molar refractivity (Wildman–Crippen MR) is 93.3 cm³/mol. The molecule has 0 aromatic heterocycles. The van der Waals surface area contributed by atoms with Gasteiger partial charge in [-0.05, 0) is 11.1 Å². The summed E-state index contributed by atoms with van der Waals surface area (Å²) < 4.78 is 33.1. The number of halogens is 2. The van der Waals surface area contributed by atoms with Crippen LogP contribution in [0.25, 0.3) is 0 Å². The van der Waals surface area contributed by atoms with Crippen LogP contribution in [0.5, 0.6) is 0 Å². The SMILES string of the molecule is NCC(F)(F)C(O)C(N)(Cc1ccccc1)C(=O)OCc1ccccc1. The van der Waals surface area contributed by atoms with Gasteiger partial charge < -0.3 is 21.3 Å². The summed E-state index contributed by atoms with van der Waals surface area (Å²) in [6.07, 6.45) is -2.82. The van der Waals surface area contributed by atoms with Crippen molar-refractivity contribution in [2.24, 2.45) is 11.5 Å². The topological polar surface area (TPSA) is 98.6 Å². The summed E-state index contributed by atoms with van der Waals surface area (Å²) >= 11 is 0. The lowest BCUT2D eigenvalue weighted by molar-refractivity contribution is -0.174. The van der Waals surface area contributed by atoms with Gasteiger partial charge in [0.1, 0.15) is 12.7 Å². The van der Waals surface area contributed by atoms with E-state index in [0.29, 0.717) is 11.1 Å². The molecule has 0 fully saturated rings. The molecule has 5 N–H and O–H groups in total. The van der Waals surface area contributed by atoms with Crippen LogP contribution in [0.3, 0.4) is 0 Å². The molecule has 0 aliphatic carbocycles. The lowest BCUT2D eigenvalue weighted by Crippen LogP contribution is -2.66. The molecule has 0 amide bonds. The van der Waals surface area contributed by atoms with Gasteiger partial charge in [0.2, 0.25) is 0 Å². The second-order valence-corrected chi connectivity index (χ2v) is 6.13. The zero-order valence-corrected chi connectivity index (χ0v) is 14.1. The smallest absolute Gasteiger partial charge is 0.329 e. The van der Waals surface area contributed by atoms with Crippen LogP contribution in [0.1, 0.15) is 11.1 Å². The number of hydrogen-bond donors (Lipinski definition) is 3. The molecule has 0 saturated heterocycles. The van der Waals surface area contributed by atoms with Crippen LogP contribution in [-0.2, 0) is 22.6 Å². The van der Waals surface area contributed by atoms with Gasteiger partial charge in [-0.25, -0.2) is 13.6 Å². The van der Waals surface area contributed by atoms with E-state index in [1.165, 1.54) is 0 Å². The molecular formula is C19H22F2N2O3. The van der Waals surface area contributed by atoms with Gasteiger partial charge in [-0.3, -0.25) is 0 Å². The molecule has 0 aliphatic rings. The molecule has 2 rings (SSSR count). The number of nitrogens with two attached hydrogens (primary N) is 2. The van der Waals surface area contributed by atoms with Crippen LogP contribution < -0.4 is 11.5 Å². The number of aliphatic hydroxyl groups is 1. The quantitative estimate of drug-likeness (QED) is 0.619. The number of ether oxygens (including phenoxy) is 1. The number of alkyl halides is 2. The molecule has 140 valence electrons. The predicted octanol–water partition coefficient (Wildman–Crippen LogP) is 1.62. The fraction of sp³-hybridized carbons (Fsp3) is 0.316. The van der Waals surface area contributed by atoms with E-state index >= 15 is 0 Å². The monoisotopic (exact) mass is 364 g/mol. The van der Waals surface area contributed by atoms with Crippen LogP contribution in [0, 0.1) is 0 Å². The van der Waals surface area contributed by atoms with Crippen LogP contribution in [-0.4, -0.2) is 35.2 Å². The lowest BCUT2D eigenvalue weighted by Gasteiger charge is -2.36. The van der Waals surface area contributed by atoms with Crippen molar-refractivity contribution >= 4 is 5.97 Å². The van der Waals surface area contributed by atoms with Crippen molar-refractivity contribution in [3.63, 3.8) is 0 Å². The fourth-order valence-corrected chi connectivity index (χ4v) is 2.56. The number of hydrogen-bond acceptors (Lipinski definition) is 5. The van der Waals surface area contributed by atoms with E-state index in [-0.39, 0.29) is 13.0 Å². The number of benzene rings is 2. The maximum Gasteiger partial charge on any atom is 0.329 e. The van der Waals surface area contributed by atoms with E-state index in [1.807, 2.05) is 0 Å². The Labute approximate surface area is 150 Å². The Kier molecular flexibility index (Phi) is 6.42. The summed E-state index contributed by atoms with van der Waals surface area (Å²) in [5.41, 5.74) is 9.86. The summed E-state index contributed by atoms with van der Waals surface area (Å²) in [6, 6.07) is 17.1. The molecule has 2 aromatic rings. The van der Waals surface area contributed by atoms with Crippen molar-refractivity contribution in [3.05, 3.63) is 71.8 Å². The normalized spacial score (nSPS) is 15.1. The molecule has 0 radical (unpaired) electrons. The Hall–Kier alpha value is -2.35. The first kappa shape index (κ1) is 20.0. The van der Waals surface area contributed by atoms with E-state index in [4.69, 9.17) is 16.2 Å². The van der Waals surface area contributed by atoms with Crippen LogP contribution in [0.2, 0.25) is 0 Å². The van der Waals surface area contributed by atoms with E-state index in [0.717, 1.165) is 0 Å². The summed E-state index contributed by atoms with van der Waals surface area (Å²) in [7, 11) is 0. The summed E-state index contributed by atoms with van der Waals surface area (Å²) in [4.78, 5) is 12.6. The second kappa shape index (κ2) is 8.35. The third-order valence-electron chi connectivity index (χ3n) is 4.09. The number of aliphatic hydroxyl groups excluding tert-OH is 1. The Bertz CT molecular complexity index is 713. The first-order valence-corrected chi connectivity index (χ1v) is 8.09. The molecule has 26 heavy (non-hydrogen) atoms. The van der Waals surface area contributed by atoms with Gasteiger partial charge in [0.05, 0.1) is 6.54 Å². The van der Waals surface area contributed by atoms with E-state index in [1.54, 1.807) is 60.7 Å². The molecule has 2 atom stereocenters. The van der Waals surface area contributed by atoms with Crippen molar-refractivity contribution in [2.45, 2.75) is 30.6 Å². The molecule has 7 heteroatoms. The largest absolute Gasteiger partial charge is 0.459 e. The van der Waals surface area contributed by atoms with E-state index < -0.39 is 30.1 Å². The Morgan fingerprint density at radius 2 is 1.54 bits per heavy atom. The molecule has 2 unspecified atom stereocenters. The van der Waals surface area contributed by atoms with Gasteiger partial charge >= 0.3 is 5.97 Å². The molecule has 0 saturated carbocycles. The molecule has 2 aromatic carbocycles. The Balaban J connectivity index is 2.25.